The van der Waals surface area contributed by atoms with Crippen LogP contribution >= 0.6 is 15.9 Å². The van der Waals surface area contributed by atoms with Gasteiger partial charge < -0.3 is 14.4 Å². The first-order chi connectivity index (χ1) is 12.6. The molecule has 0 radical (unpaired) electrons. The number of aliphatic hydroxyl groups is 1. The molecule has 26 heavy (non-hydrogen) atoms. The molecule has 2 heterocycles. The smallest absolute Gasteiger partial charge is 0.290 e. The average Bonchev–Trinajstić information content (AvgIpc) is 2.93. The highest BCUT2D eigenvalue weighted by molar-refractivity contribution is 9.10. The summed E-state index contributed by atoms with van der Waals surface area (Å²) in [6.07, 6.45) is 0.429. The summed E-state index contributed by atoms with van der Waals surface area (Å²) in [6.45, 7) is 0.307. The van der Waals surface area contributed by atoms with Crippen LogP contribution in [0.4, 0.5) is 0 Å². The maximum atomic E-state index is 13.2. The molecule has 1 aliphatic rings. The number of halogens is 1. The van der Waals surface area contributed by atoms with Gasteiger partial charge in [0, 0.05) is 17.6 Å². The number of carbonyl (C=O) groups excluding carboxylic acids is 1. The molecular formula is C20H16BrNO4. The molecule has 3 aromatic rings. The van der Waals surface area contributed by atoms with Gasteiger partial charge in [-0.2, -0.15) is 0 Å². The van der Waals surface area contributed by atoms with E-state index in [-0.39, 0.29) is 23.7 Å². The number of fused-ring (bicyclic) bond motifs is 2. The van der Waals surface area contributed by atoms with E-state index in [0.29, 0.717) is 29.5 Å². The van der Waals surface area contributed by atoms with Gasteiger partial charge >= 0.3 is 0 Å². The first-order valence-corrected chi connectivity index (χ1v) is 9.14. The molecule has 0 saturated carbocycles. The molecule has 1 N–H and O–H groups in total. The molecule has 1 aromatic heterocycles. The van der Waals surface area contributed by atoms with Crippen LogP contribution in [-0.2, 0) is 0 Å². The lowest BCUT2D eigenvalue weighted by Gasteiger charge is -2.25. The van der Waals surface area contributed by atoms with Crippen LogP contribution in [0.3, 0.4) is 0 Å². The molecule has 0 bridgehead atoms. The van der Waals surface area contributed by atoms with E-state index in [0.717, 1.165) is 10.0 Å². The number of benzene rings is 2. The number of hydrogen-bond donors (Lipinski definition) is 1. The van der Waals surface area contributed by atoms with E-state index in [1.807, 2.05) is 24.3 Å². The minimum Gasteiger partial charge on any atom is -0.450 e. The Morgan fingerprint density at radius 1 is 1.12 bits per heavy atom. The van der Waals surface area contributed by atoms with E-state index in [9.17, 15) is 14.7 Å². The third-order valence-electron chi connectivity index (χ3n) is 4.59. The molecule has 1 unspecified atom stereocenters. The van der Waals surface area contributed by atoms with Gasteiger partial charge in [-0.25, -0.2) is 0 Å². The molecule has 2 aromatic carbocycles. The van der Waals surface area contributed by atoms with Crippen molar-refractivity contribution in [1.29, 1.82) is 0 Å². The summed E-state index contributed by atoms with van der Waals surface area (Å²) < 4.78 is 6.69. The number of nitrogens with zero attached hydrogens (tertiary/aromatic N) is 1. The zero-order valence-electron chi connectivity index (χ0n) is 13.8. The molecule has 1 atom stereocenters. The van der Waals surface area contributed by atoms with Crippen molar-refractivity contribution in [2.24, 2.45) is 0 Å². The van der Waals surface area contributed by atoms with E-state index in [2.05, 4.69) is 15.9 Å². The first kappa shape index (κ1) is 17.0. The Labute approximate surface area is 158 Å². The van der Waals surface area contributed by atoms with Gasteiger partial charge in [0.15, 0.2) is 5.43 Å². The van der Waals surface area contributed by atoms with E-state index in [1.54, 1.807) is 29.2 Å². The molecular weight excluding hydrogens is 398 g/mol. The van der Waals surface area contributed by atoms with Crippen molar-refractivity contribution >= 4 is 32.8 Å². The monoisotopic (exact) mass is 413 g/mol. The van der Waals surface area contributed by atoms with E-state index >= 15 is 0 Å². The predicted molar refractivity (Wildman–Crippen MR) is 101 cm³/mol. The van der Waals surface area contributed by atoms with Gasteiger partial charge in [0.25, 0.3) is 5.91 Å². The second-order valence-electron chi connectivity index (χ2n) is 6.20. The van der Waals surface area contributed by atoms with E-state index in [4.69, 9.17) is 4.42 Å². The number of carbonyl (C=O) groups is 1. The highest BCUT2D eigenvalue weighted by Gasteiger charge is 2.42. The summed E-state index contributed by atoms with van der Waals surface area (Å²) in [5.41, 5.74) is 1.41. The highest BCUT2D eigenvalue weighted by atomic mass is 79.9. The normalized spacial score (nSPS) is 16.3. The van der Waals surface area contributed by atoms with E-state index < -0.39 is 6.04 Å². The summed E-state index contributed by atoms with van der Waals surface area (Å²) in [7, 11) is 0. The highest BCUT2D eigenvalue weighted by Crippen LogP contribution is 2.38. The van der Waals surface area contributed by atoms with Gasteiger partial charge in [-0.15, -0.1) is 0 Å². The molecule has 0 fully saturated rings. The Bertz CT molecular complexity index is 1060. The second-order valence-corrected chi connectivity index (χ2v) is 7.12. The molecule has 0 saturated heterocycles. The molecule has 132 valence electrons. The third kappa shape index (κ3) is 2.66. The van der Waals surface area contributed by atoms with Crippen molar-refractivity contribution < 1.29 is 14.3 Å². The molecule has 5 nitrogen and oxygen atoms in total. The summed E-state index contributed by atoms with van der Waals surface area (Å²) in [5.74, 6) is -0.224. The number of amides is 1. The Hall–Kier alpha value is -2.44. The Kier molecular flexibility index (Phi) is 4.38. The topological polar surface area (TPSA) is 70.8 Å². The van der Waals surface area contributed by atoms with Crippen molar-refractivity contribution in [3.05, 3.63) is 80.1 Å². The van der Waals surface area contributed by atoms with Crippen LogP contribution in [-0.4, -0.2) is 29.1 Å². The Morgan fingerprint density at radius 2 is 1.92 bits per heavy atom. The zero-order valence-corrected chi connectivity index (χ0v) is 15.4. The third-order valence-corrected chi connectivity index (χ3v) is 5.09. The van der Waals surface area contributed by atoms with Crippen LogP contribution in [0.25, 0.3) is 11.0 Å². The zero-order chi connectivity index (χ0) is 18.3. The van der Waals surface area contributed by atoms with Crippen LogP contribution in [0.1, 0.15) is 34.1 Å². The van der Waals surface area contributed by atoms with Crippen LogP contribution in [0.15, 0.2) is 62.2 Å². The number of hydrogen-bond acceptors (Lipinski definition) is 4. The van der Waals surface area contributed by atoms with Crippen molar-refractivity contribution in [3.63, 3.8) is 0 Å². The molecule has 1 aliphatic heterocycles. The molecule has 0 aliphatic carbocycles. The van der Waals surface area contributed by atoms with Crippen LogP contribution in [0, 0.1) is 0 Å². The number of aliphatic hydroxyl groups excluding tert-OH is 1. The molecule has 6 heteroatoms. The lowest BCUT2D eigenvalue weighted by molar-refractivity contribution is 0.0716. The van der Waals surface area contributed by atoms with Gasteiger partial charge in [0.1, 0.15) is 5.58 Å². The lowest BCUT2D eigenvalue weighted by atomic mass is 9.98. The van der Waals surface area contributed by atoms with Crippen molar-refractivity contribution in [2.45, 2.75) is 12.5 Å². The fraction of sp³-hybridized carbons (Fsp3) is 0.200. The average molecular weight is 414 g/mol. The summed E-state index contributed by atoms with van der Waals surface area (Å²) >= 11 is 3.45. The van der Waals surface area contributed by atoms with Crippen LogP contribution in [0.5, 0.6) is 0 Å². The van der Waals surface area contributed by atoms with Crippen LogP contribution < -0.4 is 5.43 Å². The van der Waals surface area contributed by atoms with Gasteiger partial charge in [-0.05, 0) is 36.2 Å². The molecule has 1 amide bonds. The van der Waals surface area contributed by atoms with Crippen molar-refractivity contribution in [3.8, 4) is 0 Å². The lowest BCUT2D eigenvalue weighted by Crippen LogP contribution is -2.31. The fourth-order valence-corrected chi connectivity index (χ4v) is 3.88. The van der Waals surface area contributed by atoms with Crippen molar-refractivity contribution in [2.75, 3.05) is 13.2 Å². The minimum absolute atomic E-state index is 0.0331. The minimum atomic E-state index is -0.526. The van der Waals surface area contributed by atoms with E-state index in [1.165, 1.54) is 0 Å². The molecule has 0 spiro atoms. The summed E-state index contributed by atoms with van der Waals surface area (Å²) in [5, 5.41) is 9.67. The second kappa shape index (κ2) is 6.70. The fourth-order valence-electron chi connectivity index (χ4n) is 3.46. The van der Waals surface area contributed by atoms with Gasteiger partial charge in [-0.1, -0.05) is 40.2 Å². The van der Waals surface area contributed by atoms with Crippen molar-refractivity contribution in [1.82, 2.24) is 4.90 Å². The maximum Gasteiger partial charge on any atom is 0.290 e. The SMILES string of the molecule is O=C1c2oc3ccccc3c(=O)c2C(c2cccc(Br)c2)N1CCCO. The van der Waals surface area contributed by atoms with Gasteiger partial charge in [0.2, 0.25) is 5.76 Å². The van der Waals surface area contributed by atoms with Crippen LogP contribution in [0.2, 0.25) is 0 Å². The number of para-hydroxylation sites is 1. The summed E-state index contributed by atoms with van der Waals surface area (Å²) in [6, 6.07) is 14.0. The van der Waals surface area contributed by atoms with Gasteiger partial charge in [0.05, 0.1) is 17.0 Å². The standard InChI is InChI=1S/C20H16BrNO4/c21-13-6-3-5-12(11-13)17-16-18(24)14-7-1-2-8-15(14)26-19(16)20(25)22(17)9-4-10-23/h1-3,5-8,11,17,23H,4,9-10H2. The Morgan fingerprint density at radius 3 is 2.69 bits per heavy atom. The maximum absolute atomic E-state index is 13.2. The Balaban J connectivity index is 1.97. The number of rotatable bonds is 4. The largest absolute Gasteiger partial charge is 0.450 e. The van der Waals surface area contributed by atoms with Gasteiger partial charge in [-0.3, -0.25) is 9.59 Å². The quantitative estimate of drug-likeness (QED) is 0.710. The first-order valence-electron chi connectivity index (χ1n) is 8.35. The summed E-state index contributed by atoms with van der Waals surface area (Å²) in [4.78, 5) is 27.7. The molecule has 4 rings (SSSR count). The predicted octanol–water partition coefficient (Wildman–Crippen LogP) is 3.48.